The minimum atomic E-state index is -0.140. The molecular weight excluding hydrogens is 485 g/mol. The Morgan fingerprint density at radius 1 is 1.21 bits per heavy atom. The summed E-state index contributed by atoms with van der Waals surface area (Å²) in [5, 5.41) is 3.09. The Kier molecular flexibility index (Phi) is 8.51. The summed E-state index contributed by atoms with van der Waals surface area (Å²) in [6, 6.07) is 8.36. The summed E-state index contributed by atoms with van der Waals surface area (Å²) in [6.07, 6.45) is 1.85. The summed E-state index contributed by atoms with van der Waals surface area (Å²) in [5.74, 6) is 0.616. The van der Waals surface area contributed by atoms with Gasteiger partial charge < -0.3 is 20.3 Å². The average Bonchev–Trinajstić information content (AvgIpc) is 3.19. The monoisotopic (exact) mass is 515 g/mol. The number of nitrogens with two attached hydrogens (primary N) is 1. The fourth-order valence-electron chi connectivity index (χ4n) is 2.89. The van der Waals surface area contributed by atoms with Crippen LogP contribution in [0.1, 0.15) is 31.9 Å². The number of aromatic nitrogens is 1. The number of rotatable bonds is 5. The summed E-state index contributed by atoms with van der Waals surface area (Å²) in [4.78, 5) is 13.4. The number of nitrogens with zero attached hydrogens (tertiary/aromatic N) is 4. The number of ether oxygens (including phenoxy) is 1. The predicted molar refractivity (Wildman–Crippen MR) is 128 cm³/mol. The molecule has 0 aliphatic carbocycles. The number of guanidine groups is 1. The van der Waals surface area contributed by atoms with E-state index < -0.39 is 0 Å². The molecule has 2 aromatic rings. The van der Waals surface area contributed by atoms with E-state index in [1.807, 2.05) is 11.6 Å². The van der Waals surface area contributed by atoms with Crippen LogP contribution in [0.3, 0.4) is 0 Å². The topological polar surface area (TPSA) is 67.0 Å². The Labute approximate surface area is 188 Å². The molecule has 1 aliphatic rings. The molecule has 1 aromatic carbocycles. The Morgan fingerprint density at radius 3 is 2.57 bits per heavy atom. The lowest BCUT2D eigenvalue weighted by Crippen LogP contribution is -2.51. The van der Waals surface area contributed by atoms with Gasteiger partial charge in [-0.1, -0.05) is 24.3 Å². The maximum atomic E-state index is 6.23. The number of thiazole rings is 1. The highest BCUT2D eigenvalue weighted by Crippen LogP contribution is 2.19. The Bertz CT molecular complexity index is 752. The predicted octanol–water partition coefficient (Wildman–Crippen LogP) is 3.71. The van der Waals surface area contributed by atoms with Crippen molar-refractivity contribution < 1.29 is 4.74 Å². The lowest BCUT2D eigenvalue weighted by molar-refractivity contribution is -0.0149. The van der Waals surface area contributed by atoms with E-state index in [0.717, 1.165) is 42.4 Å². The summed E-state index contributed by atoms with van der Waals surface area (Å²) < 4.78 is 5.85. The number of piperazine rings is 1. The van der Waals surface area contributed by atoms with Crippen molar-refractivity contribution in [2.45, 2.75) is 39.5 Å². The summed E-state index contributed by atoms with van der Waals surface area (Å²) in [5.41, 5.74) is 8.40. The zero-order valence-electron chi connectivity index (χ0n) is 16.8. The second-order valence-corrected chi connectivity index (χ2v) is 8.56. The standard InChI is InChI=1S/C20H29N5OS.HI/c1-20(2,3)26-15-17-6-4-5-16(13-17)14-23-18(21)24-8-10-25(11-9-24)19-22-7-12-27-19;/h4-7,12-13H,8-11,14-15H2,1-3H3,(H2,21,23);1H. The molecule has 0 unspecified atom stereocenters. The van der Waals surface area contributed by atoms with Crippen LogP contribution in [-0.2, 0) is 17.9 Å². The minimum Gasteiger partial charge on any atom is -0.371 e. The van der Waals surface area contributed by atoms with Crippen LogP contribution in [0.5, 0.6) is 0 Å². The minimum absolute atomic E-state index is 0. The van der Waals surface area contributed by atoms with Gasteiger partial charge >= 0.3 is 0 Å². The molecule has 3 rings (SSSR count). The van der Waals surface area contributed by atoms with Gasteiger partial charge in [-0.15, -0.1) is 35.3 Å². The Hall–Kier alpha value is -1.39. The molecule has 1 aliphatic heterocycles. The second-order valence-electron chi connectivity index (χ2n) is 7.68. The normalized spacial score (nSPS) is 15.5. The van der Waals surface area contributed by atoms with Crippen molar-refractivity contribution in [3.63, 3.8) is 0 Å². The lowest BCUT2D eigenvalue weighted by Gasteiger charge is -2.35. The first kappa shape index (κ1) is 22.9. The smallest absolute Gasteiger partial charge is 0.191 e. The van der Waals surface area contributed by atoms with Gasteiger partial charge in [-0.2, -0.15) is 0 Å². The summed E-state index contributed by atoms with van der Waals surface area (Å²) in [7, 11) is 0. The van der Waals surface area contributed by atoms with Crippen LogP contribution in [0.4, 0.5) is 5.13 Å². The van der Waals surface area contributed by atoms with E-state index in [2.05, 4.69) is 64.8 Å². The van der Waals surface area contributed by atoms with Crippen LogP contribution >= 0.6 is 35.3 Å². The van der Waals surface area contributed by atoms with Crippen molar-refractivity contribution in [3.8, 4) is 0 Å². The van der Waals surface area contributed by atoms with Gasteiger partial charge in [0.25, 0.3) is 0 Å². The number of benzene rings is 1. The first-order valence-electron chi connectivity index (χ1n) is 9.32. The first-order chi connectivity index (χ1) is 12.9. The van der Waals surface area contributed by atoms with Crippen LogP contribution in [0.25, 0.3) is 0 Å². The molecule has 0 saturated carbocycles. The third-order valence-corrected chi connectivity index (χ3v) is 5.21. The van der Waals surface area contributed by atoms with Crippen LogP contribution in [0.2, 0.25) is 0 Å². The number of anilines is 1. The molecular formula is C20H30IN5OS. The Morgan fingerprint density at radius 2 is 1.93 bits per heavy atom. The molecule has 2 N–H and O–H groups in total. The van der Waals surface area contributed by atoms with Gasteiger partial charge in [-0.05, 0) is 31.9 Å². The number of aliphatic imine (C=N–C) groups is 1. The van der Waals surface area contributed by atoms with E-state index >= 15 is 0 Å². The van der Waals surface area contributed by atoms with Gasteiger partial charge in [0.15, 0.2) is 11.1 Å². The molecule has 8 heteroatoms. The summed E-state index contributed by atoms with van der Waals surface area (Å²) >= 11 is 1.68. The molecule has 0 atom stereocenters. The van der Waals surface area contributed by atoms with Crippen LogP contribution in [0.15, 0.2) is 40.8 Å². The molecule has 1 fully saturated rings. The van der Waals surface area contributed by atoms with Crippen molar-refractivity contribution in [1.82, 2.24) is 9.88 Å². The van der Waals surface area contributed by atoms with Crippen molar-refractivity contribution in [2.75, 3.05) is 31.1 Å². The van der Waals surface area contributed by atoms with Crippen LogP contribution in [-0.4, -0.2) is 47.6 Å². The zero-order chi connectivity index (χ0) is 19.3. The number of hydrogen-bond donors (Lipinski definition) is 1. The van der Waals surface area contributed by atoms with Gasteiger partial charge in [-0.25, -0.2) is 9.98 Å². The van der Waals surface area contributed by atoms with Crippen molar-refractivity contribution in [3.05, 3.63) is 47.0 Å². The van der Waals surface area contributed by atoms with Crippen LogP contribution < -0.4 is 10.6 Å². The molecule has 0 amide bonds. The SMILES string of the molecule is CC(C)(C)OCc1cccc(CN=C(N)N2CCN(c3nccs3)CC2)c1.I. The molecule has 0 bridgehead atoms. The highest BCUT2D eigenvalue weighted by atomic mass is 127. The average molecular weight is 515 g/mol. The van der Waals surface area contributed by atoms with E-state index in [1.54, 1.807) is 11.3 Å². The van der Waals surface area contributed by atoms with Crippen LogP contribution in [0, 0.1) is 0 Å². The number of hydrogen-bond acceptors (Lipinski definition) is 5. The molecule has 1 saturated heterocycles. The fraction of sp³-hybridized carbons (Fsp3) is 0.500. The highest BCUT2D eigenvalue weighted by molar-refractivity contribution is 14.0. The molecule has 0 radical (unpaired) electrons. The van der Waals surface area contributed by atoms with Gasteiger partial charge in [0, 0.05) is 37.8 Å². The van der Waals surface area contributed by atoms with E-state index in [-0.39, 0.29) is 29.6 Å². The highest BCUT2D eigenvalue weighted by Gasteiger charge is 2.19. The van der Waals surface area contributed by atoms with Crippen molar-refractivity contribution >= 4 is 46.4 Å². The summed E-state index contributed by atoms with van der Waals surface area (Å²) in [6.45, 7) is 11.0. The largest absolute Gasteiger partial charge is 0.371 e. The number of halogens is 1. The van der Waals surface area contributed by atoms with Gasteiger partial charge in [0.05, 0.1) is 18.8 Å². The lowest BCUT2D eigenvalue weighted by atomic mass is 10.1. The van der Waals surface area contributed by atoms with E-state index in [4.69, 9.17) is 10.5 Å². The van der Waals surface area contributed by atoms with E-state index in [0.29, 0.717) is 19.1 Å². The zero-order valence-corrected chi connectivity index (χ0v) is 19.9. The van der Waals surface area contributed by atoms with Crippen molar-refractivity contribution in [1.29, 1.82) is 0 Å². The second kappa shape index (κ2) is 10.4. The van der Waals surface area contributed by atoms with E-state index in [1.165, 1.54) is 0 Å². The molecule has 2 heterocycles. The van der Waals surface area contributed by atoms with Crippen molar-refractivity contribution in [2.24, 2.45) is 10.7 Å². The third kappa shape index (κ3) is 6.89. The fourth-order valence-corrected chi connectivity index (χ4v) is 3.59. The van der Waals surface area contributed by atoms with Gasteiger partial charge in [0.1, 0.15) is 0 Å². The first-order valence-corrected chi connectivity index (χ1v) is 10.2. The van der Waals surface area contributed by atoms with E-state index in [9.17, 15) is 0 Å². The molecule has 154 valence electrons. The molecule has 1 aromatic heterocycles. The van der Waals surface area contributed by atoms with Gasteiger partial charge in [-0.3, -0.25) is 0 Å². The maximum Gasteiger partial charge on any atom is 0.191 e. The van der Waals surface area contributed by atoms with Gasteiger partial charge in [0.2, 0.25) is 0 Å². The quantitative estimate of drug-likeness (QED) is 0.374. The molecule has 28 heavy (non-hydrogen) atoms. The third-order valence-electron chi connectivity index (χ3n) is 4.38. The molecule has 0 spiro atoms. The molecule has 6 nitrogen and oxygen atoms in total. The maximum absolute atomic E-state index is 6.23. The Balaban J connectivity index is 0.00000280.